The second-order valence-corrected chi connectivity index (χ2v) is 7.89. The van der Waals surface area contributed by atoms with Crippen molar-refractivity contribution in [1.82, 2.24) is 0 Å². The van der Waals surface area contributed by atoms with E-state index in [-0.39, 0.29) is 6.61 Å². The molecule has 154 valence electrons. The first-order valence-electron chi connectivity index (χ1n) is 10.2. The quantitative estimate of drug-likeness (QED) is 0.415. The highest BCUT2D eigenvalue weighted by Crippen LogP contribution is 2.39. The van der Waals surface area contributed by atoms with E-state index in [1.807, 2.05) is 36.4 Å². The summed E-state index contributed by atoms with van der Waals surface area (Å²) in [7, 11) is -2.38. The third kappa shape index (κ3) is 6.65. The lowest BCUT2D eigenvalue weighted by molar-refractivity contribution is -0.0509. The molecule has 0 saturated heterocycles. The molecule has 2 aromatic carbocycles. The van der Waals surface area contributed by atoms with Gasteiger partial charge in [-0.25, -0.2) is 0 Å². The first-order valence-corrected chi connectivity index (χ1v) is 11.3. The molecule has 0 saturated carbocycles. The fourth-order valence-corrected chi connectivity index (χ4v) is 3.79. The van der Waals surface area contributed by atoms with Crippen molar-refractivity contribution >= 4 is 8.60 Å². The molecule has 0 aromatic heterocycles. The molecule has 2 rings (SSSR count). The van der Waals surface area contributed by atoms with Crippen LogP contribution in [0.4, 0.5) is 0 Å². The van der Waals surface area contributed by atoms with Gasteiger partial charge in [-0.05, 0) is 23.5 Å². The Morgan fingerprint density at radius 2 is 1.50 bits per heavy atom. The van der Waals surface area contributed by atoms with E-state index in [4.69, 9.17) is 9.26 Å². The Kier molecular flexibility index (Phi) is 10.1. The molecule has 1 unspecified atom stereocenters. The summed E-state index contributed by atoms with van der Waals surface area (Å²) in [5.41, 5.74) is 1.42. The average molecular weight is 404 g/mol. The van der Waals surface area contributed by atoms with Crippen LogP contribution in [0.1, 0.15) is 57.1 Å². The van der Waals surface area contributed by atoms with Crippen LogP contribution in [0, 0.1) is 5.92 Å². The highest BCUT2D eigenvalue weighted by molar-refractivity contribution is 7.39. The van der Waals surface area contributed by atoms with Gasteiger partial charge in [0.1, 0.15) is 5.60 Å². The molecule has 2 N–H and O–H groups in total. The molecule has 0 bridgehead atoms. The number of rotatable bonds is 13. The summed E-state index contributed by atoms with van der Waals surface area (Å²) in [6.07, 6.45) is 5.12. The first-order chi connectivity index (χ1) is 13.6. The molecule has 0 radical (unpaired) electrons. The standard InChI is InChI=1S/C23H33O4P/c1-3-5-12-20(4-2)19-26-23(17-18-27-28(24)25,21-13-8-6-9-14-21)22-15-10-7-11-16-22/h6-11,13-16,20,24-25H,3-5,12,17-19H2,1-2H3. The number of unbranched alkanes of at least 4 members (excludes halogenated alkanes) is 1. The maximum atomic E-state index is 9.20. The van der Waals surface area contributed by atoms with Crippen LogP contribution in [0.5, 0.6) is 0 Å². The molecular weight excluding hydrogens is 371 g/mol. The highest BCUT2D eigenvalue weighted by Gasteiger charge is 2.36. The van der Waals surface area contributed by atoms with Crippen LogP contribution < -0.4 is 0 Å². The molecule has 0 aliphatic heterocycles. The van der Waals surface area contributed by atoms with E-state index in [0.29, 0.717) is 18.9 Å². The van der Waals surface area contributed by atoms with Gasteiger partial charge in [-0.3, -0.25) is 0 Å². The monoisotopic (exact) mass is 404 g/mol. The lowest BCUT2D eigenvalue weighted by Gasteiger charge is -2.36. The topological polar surface area (TPSA) is 58.9 Å². The summed E-state index contributed by atoms with van der Waals surface area (Å²) in [5.74, 6) is 0.500. The Bertz CT molecular complexity index is 609. The maximum Gasteiger partial charge on any atom is 0.327 e. The minimum atomic E-state index is -2.38. The summed E-state index contributed by atoms with van der Waals surface area (Å²) < 4.78 is 11.8. The third-order valence-electron chi connectivity index (χ3n) is 5.25. The van der Waals surface area contributed by atoms with Crippen molar-refractivity contribution in [3.05, 3.63) is 71.8 Å². The number of ether oxygens (including phenoxy) is 1. The van der Waals surface area contributed by atoms with E-state index in [0.717, 1.165) is 24.0 Å². The highest BCUT2D eigenvalue weighted by atomic mass is 31.2. The largest absolute Gasteiger partial charge is 0.365 e. The molecule has 0 fully saturated rings. The summed E-state index contributed by atoms with van der Waals surface area (Å²) in [4.78, 5) is 18.4. The van der Waals surface area contributed by atoms with Crippen LogP contribution in [-0.2, 0) is 14.9 Å². The van der Waals surface area contributed by atoms with Crippen LogP contribution in [0.3, 0.4) is 0 Å². The predicted octanol–water partition coefficient (Wildman–Crippen LogP) is 5.78. The van der Waals surface area contributed by atoms with Gasteiger partial charge >= 0.3 is 8.60 Å². The minimum absolute atomic E-state index is 0.203. The fraction of sp³-hybridized carbons (Fsp3) is 0.478. The third-order valence-corrected chi connectivity index (χ3v) is 5.66. The van der Waals surface area contributed by atoms with E-state index >= 15 is 0 Å². The van der Waals surface area contributed by atoms with Gasteiger partial charge < -0.3 is 19.0 Å². The molecule has 0 aliphatic rings. The molecule has 0 aliphatic carbocycles. The van der Waals surface area contributed by atoms with Crippen LogP contribution in [0.2, 0.25) is 0 Å². The Hall–Kier alpha value is -1.29. The van der Waals surface area contributed by atoms with Gasteiger partial charge in [0.15, 0.2) is 0 Å². The van der Waals surface area contributed by atoms with Gasteiger partial charge in [0.2, 0.25) is 0 Å². The Balaban J connectivity index is 2.35. The molecule has 0 amide bonds. The zero-order valence-electron chi connectivity index (χ0n) is 17.0. The second-order valence-electron chi connectivity index (χ2n) is 7.12. The molecule has 1 atom stereocenters. The lowest BCUT2D eigenvalue weighted by Crippen LogP contribution is -2.34. The molecular formula is C23H33O4P. The summed E-state index contributed by atoms with van der Waals surface area (Å²) in [6, 6.07) is 20.3. The smallest absolute Gasteiger partial charge is 0.327 e. The van der Waals surface area contributed by atoms with Gasteiger partial charge in [0, 0.05) is 6.42 Å². The van der Waals surface area contributed by atoms with Gasteiger partial charge in [0.05, 0.1) is 13.2 Å². The van der Waals surface area contributed by atoms with Crippen molar-refractivity contribution in [2.24, 2.45) is 5.92 Å². The SMILES string of the molecule is CCCCC(CC)COC(CCOP(O)O)(c1ccccc1)c1ccccc1. The average Bonchev–Trinajstić information content (AvgIpc) is 2.73. The van der Waals surface area contributed by atoms with Gasteiger partial charge in [-0.2, -0.15) is 0 Å². The Morgan fingerprint density at radius 1 is 0.929 bits per heavy atom. The number of hydrogen-bond donors (Lipinski definition) is 2. The van der Waals surface area contributed by atoms with E-state index in [9.17, 15) is 9.79 Å². The second kappa shape index (κ2) is 12.3. The van der Waals surface area contributed by atoms with Crippen molar-refractivity contribution in [2.45, 2.75) is 51.6 Å². The number of hydrogen-bond acceptors (Lipinski definition) is 4. The zero-order valence-corrected chi connectivity index (χ0v) is 17.9. The lowest BCUT2D eigenvalue weighted by atomic mass is 9.83. The Morgan fingerprint density at radius 3 is 1.96 bits per heavy atom. The number of benzene rings is 2. The van der Waals surface area contributed by atoms with Gasteiger partial charge in [0.25, 0.3) is 0 Å². The molecule has 2 aromatic rings. The predicted molar refractivity (Wildman–Crippen MR) is 115 cm³/mol. The maximum absolute atomic E-state index is 9.20. The van der Waals surface area contributed by atoms with E-state index in [1.165, 1.54) is 12.8 Å². The van der Waals surface area contributed by atoms with Crippen LogP contribution >= 0.6 is 8.60 Å². The molecule has 28 heavy (non-hydrogen) atoms. The fourth-order valence-electron chi connectivity index (χ4n) is 3.54. The van der Waals surface area contributed by atoms with Crippen molar-refractivity contribution in [3.63, 3.8) is 0 Å². The molecule has 5 heteroatoms. The summed E-state index contributed by atoms with van der Waals surface area (Å²) in [5, 5.41) is 0. The van der Waals surface area contributed by atoms with Crippen LogP contribution in [0.25, 0.3) is 0 Å². The molecule has 0 spiro atoms. The van der Waals surface area contributed by atoms with Crippen molar-refractivity contribution in [1.29, 1.82) is 0 Å². The Labute approximate surface area is 170 Å². The van der Waals surface area contributed by atoms with Crippen molar-refractivity contribution in [2.75, 3.05) is 13.2 Å². The van der Waals surface area contributed by atoms with Crippen LogP contribution in [0.15, 0.2) is 60.7 Å². The van der Waals surface area contributed by atoms with Crippen LogP contribution in [-0.4, -0.2) is 23.0 Å². The first kappa shape index (κ1) is 23.0. The van der Waals surface area contributed by atoms with Gasteiger partial charge in [-0.1, -0.05) is 93.8 Å². The van der Waals surface area contributed by atoms with E-state index < -0.39 is 14.2 Å². The minimum Gasteiger partial charge on any atom is -0.365 e. The van der Waals surface area contributed by atoms with Crippen molar-refractivity contribution < 1.29 is 19.0 Å². The summed E-state index contributed by atoms with van der Waals surface area (Å²) >= 11 is 0. The zero-order chi connectivity index (χ0) is 20.2. The van der Waals surface area contributed by atoms with E-state index in [2.05, 4.69) is 38.1 Å². The normalized spacial score (nSPS) is 13.0. The summed E-state index contributed by atoms with van der Waals surface area (Å²) in [6.45, 7) is 5.29. The molecule has 4 nitrogen and oxygen atoms in total. The van der Waals surface area contributed by atoms with Gasteiger partial charge in [-0.15, -0.1) is 0 Å². The molecule has 0 heterocycles. The van der Waals surface area contributed by atoms with Crippen molar-refractivity contribution in [3.8, 4) is 0 Å². The van der Waals surface area contributed by atoms with E-state index in [1.54, 1.807) is 0 Å².